The first-order valence-corrected chi connectivity index (χ1v) is 12.2. The van der Waals surface area contributed by atoms with Crippen LogP contribution in [0.5, 0.6) is 5.75 Å². The molecule has 0 fully saturated rings. The topological polar surface area (TPSA) is 96.0 Å². The minimum atomic E-state index is -3.58. The molecule has 9 heteroatoms. The predicted molar refractivity (Wildman–Crippen MR) is 124 cm³/mol. The van der Waals surface area contributed by atoms with E-state index in [1.165, 1.54) is 28.6 Å². The van der Waals surface area contributed by atoms with Crippen LogP contribution < -0.4 is 15.0 Å². The van der Waals surface area contributed by atoms with Gasteiger partial charge in [-0.25, -0.2) is 8.42 Å². The minimum absolute atomic E-state index is 0.00513. The van der Waals surface area contributed by atoms with Gasteiger partial charge >= 0.3 is 0 Å². The summed E-state index contributed by atoms with van der Waals surface area (Å²) in [7, 11) is -3.58. The normalized spacial score (nSPS) is 13.6. The third-order valence-electron chi connectivity index (χ3n) is 5.35. The molecule has 1 aliphatic heterocycles. The van der Waals surface area contributed by atoms with Gasteiger partial charge in [-0.3, -0.25) is 9.59 Å². The Labute approximate surface area is 189 Å². The highest BCUT2D eigenvalue weighted by atomic mass is 32.2. The maximum Gasteiger partial charge on any atom is 0.265 e. The molecule has 0 radical (unpaired) electrons. The van der Waals surface area contributed by atoms with Crippen LogP contribution in [-0.2, 0) is 14.8 Å². The van der Waals surface area contributed by atoms with E-state index in [-0.39, 0.29) is 23.3 Å². The molecule has 2 aromatic carbocycles. The molecule has 3 rings (SSSR count). The second-order valence-electron chi connectivity index (χ2n) is 7.44. The maximum absolute atomic E-state index is 12.7. The fourth-order valence-electron chi connectivity index (χ4n) is 3.54. The number of hydrogen-bond donors (Lipinski definition) is 1. The molecule has 0 bridgehead atoms. The Balaban J connectivity index is 1.78. The molecule has 8 nitrogen and oxygen atoms in total. The standard InChI is InChI=1S/C23H29N3O5S/c1-4-7-14-26-20-15-18(10-13-21(20)31-16-22(26)27)24-23(28)17-8-11-19(12-9-17)32(29,30)25(5-2)6-3/h8-13,15H,4-7,14,16H2,1-3H3,(H,24,28). The number of ether oxygens (including phenoxy) is 1. The largest absolute Gasteiger partial charge is 0.482 e. The van der Waals surface area contributed by atoms with Gasteiger partial charge in [0.2, 0.25) is 10.0 Å². The fourth-order valence-corrected chi connectivity index (χ4v) is 4.99. The van der Waals surface area contributed by atoms with E-state index < -0.39 is 10.0 Å². The fraction of sp³-hybridized carbons (Fsp3) is 0.391. The summed E-state index contributed by atoms with van der Waals surface area (Å²) in [6, 6.07) is 11.0. The van der Waals surface area contributed by atoms with Crippen LogP contribution >= 0.6 is 0 Å². The van der Waals surface area contributed by atoms with Crippen LogP contribution in [0.1, 0.15) is 44.0 Å². The summed E-state index contributed by atoms with van der Waals surface area (Å²) in [6.07, 6.45) is 1.82. The number of hydrogen-bond acceptors (Lipinski definition) is 5. The van der Waals surface area contributed by atoms with Crippen molar-refractivity contribution in [2.24, 2.45) is 0 Å². The molecular weight excluding hydrogens is 430 g/mol. The van der Waals surface area contributed by atoms with Gasteiger partial charge in [-0.05, 0) is 48.9 Å². The molecule has 1 heterocycles. The summed E-state index contributed by atoms with van der Waals surface area (Å²) in [5.74, 6) is 0.115. The van der Waals surface area contributed by atoms with Crippen molar-refractivity contribution in [3.8, 4) is 5.75 Å². The zero-order chi connectivity index (χ0) is 23.3. The molecule has 0 saturated heterocycles. The van der Waals surface area contributed by atoms with Crippen molar-refractivity contribution in [2.75, 3.05) is 36.5 Å². The molecule has 2 aromatic rings. The van der Waals surface area contributed by atoms with Crippen LogP contribution in [0, 0.1) is 0 Å². The number of carbonyl (C=O) groups excluding carboxylic acids is 2. The molecule has 32 heavy (non-hydrogen) atoms. The third-order valence-corrected chi connectivity index (χ3v) is 7.42. The van der Waals surface area contributed by atoms with Gasteiger partial charge in [0.15, 0.2) is 6.61 Å². The lowest BCUT2D eigenvalue weighted by Gasteiger charge is -2.29. The molecule has 0 spiro atoms. The number of rotatable bonds is 9. The maximum atomic E-state index is 12.7. The van der Waals surface area contributed by atoms with Crippen LogP contribution in [0.4, 0.5) is 11.4 Å². The van der Waals surface area contributed by atoms with Crippen molar-refractivity contribution in [3.05, 3.63) is 48.0 Å². The van der Waals surface area contributed by atoms with Gasteiger partial charge in [0.1, 0.15) is 5.75 Å². The van der Waals surface area contributed by atoms with Crippen molar-refractivity contribution in [3.63, 3.8) is 0 Å². The summed E-state index contributed by atoms with van der Waals surface area (Å²) < 4.78 is 32.1. The van der Waals surface area contributed by atoms with Crippen LogP contribution in [0.3, 0.4) is 0 Å². The summed E-state index contributed by atoms with van der Waals surface area (Å²) in [5, 5.41) is 2.81. The number of sulfonamides is 1. The summed E-state index contributed by atoms with van der Waals surface area (Å²) in [5.41, 5.74) is 1.48. The van der Waals surface area contributed by atoms with Gasteiger partial charge in [0.05, 0.1) is 10.6 Å². The van der Waals surface area contributed by atoms with E-state index in [0.717, 1.165) is 12.8 Å². The van der Waals surface area contributed by atoms with E-state index >= 15 is 0 Å². The second-order valence-corrected chi connectivity index (χ2v) is 9.38. The lowest BCUT2D eigenvalue weighted by Crippen LogP contribution is -2.39. The van der Waals surface area contributed by atoms with Crippen LogP contribution in [0.2, 0.25) is 0 Å². The Morgan fingerprint density at radius 1 is 1.09 bits per heavy atom. The highest BCUT2D eigenvalue weighted by Gasteiger charge is 2.26. The van der Waals surface area contributed by atoms with Gasteiger partial charge in [-0.2, -0.15) is 4.31 Å². The lowest BCUT2D eigenvalue weighted by molar-refractivity contribution is -0.121. The Hall–Kier alpha value is -2.91. The second kappa shape index (κ2) is 10.1. The van der Waals surface area contributed by atoms with Gasteiger partial charge in [0, 0.05) is 30.9 Å². The average molecular weight is 460 g/mol. The number of amides is 2. The Kier molecular flexibility index (Phi) is 7.52. The highest BCUT2D eigenvalue weighted by Crippen LogP contribution is 2.35. The number of unbranched alkanes of at least 4 members (excludes halogenated alkanes) is 1. The van der Waals surface area contributed by atoms with E-state index in [0.29, 0.717) is 42.3 Å². The summed E-state index contributed by atoms with van der Waals surface area (Å²) >= 11 is 0. The molecule has 1 N–H and O–H groups in total. The Bertz CT molecular complexity index is 1080. The Morgan fingerprint density at radius 3 is 2.41 bits per heavy atom. The smallest absolute Gasteiger partial charge is 0.265 e. The monoisotopic (exact) mass is 459 g/mol. The number of benzene rings is 2. The zero-order valence-corrected chi connectivity index (χ0v) is 19.4. The zero-order valence-electron chi connectivity index (χ0n) is 18.6. The lowest BCUT2D eigenvalue weighted by atomic mass is 10.1. The first-order valence-electron chi connectivity index (χ1n) is 10.8. The third kappa shape index (κ3) is 4.94. The molecular formula is C23H29N3O5S. The van der Waals surface area contributed by atoms with Gasteiger partial charge in [0.25, 0.3) is 11.8 Å². The quantitative estimate of drug-likeness (QED) is 0.619. The number of anilines is 2. The molecule has 2 amide bonds. The summed E-state index contributed by atoms with van der Waals surface area (Å²) in [6.45, 7) is 6.96. The molecule has 1 aliphatic rings. The summed E-state index contributed by atoms with van der Waals surface area (Å²) in [4.78, 5) is 26.8. The van der Waals surface area contributed by atoms with Gasteiger partial charge in [-0.15, -0.1) is 0 Å². The van der Waals surface area contributed by atoms with Crippen LogP contribution in [0.25, 0.3) is 0 Å². The van der Waals surface area contributed by atoms with Crippen molar-refractivity contribution in [1.82, 2.24) is 4.31 Å². The van der Waals surface area contributed by atoms with Crippen molar-refractivity contribution in [1.29, 1.82) is 0 Å². The van der Waals surface area contributed by atoms with E-state index in [1.807, 2.05) is 0 Å². The van der Waals surface area contributed by atoms with E-state index in [4.69, 9.17) is 4.74 Å². The predicted octanol–water partition coefficient (Wildman–Crippen LogP) is 3.49. The van der Waals surface area contributed by atoms with Crippen LogP contribution in [-0.4, -0.2) is 50.8 Å². The molecule has 0 aliphatic carbocycles. The van der Waals surface area contributed by atoms with Gasteiger partial charge in [-0.1, -0.05) is 27.2 Å². The number of nitrogens with one attached hydrogen (secondary N) is 1. The van der Waals surface area contributed by atoms with Crippen molar-refractivity contribution in [2.45, 2.75) is 38.5 Å². The van der Waals surface area contributed by atoms with Crippen molar-refractivity contribution < 1.29 is 22.7 Å². The van der Waals surface area contributed by atoms with E-state index in [9.17, 15) is 18.0 Å². The molecule has 0 aromatic heterocycles. The first-order chi connectivity index (χ1) is 15.3. The Morgan fingerprint density at radius 2 is 1.78 bits per heavy atom. The molecule has 172 valence electrons. The SMILES string of the molecule is CCCCN1C(=O)COc2ccc(NC(=O)c3ccc(S(=O)(=O)N(CC)CC)cc3)cc21. The van der Waals surface area contributed by atoms with Gasteiger partial charge < -0.3 is 15.0 Å². The van der Waals surface area contributed by atoms with Crippen molar-refractivity contribution >= 4 is 33.2 Å². The van der Waals surface area contributed by atoms with Crippen LogP contribution in [0.15, 0.2) is 47.4 Å². The molecule has 0 unspecified atom stereocenters. The number of carbonyl (C=O) groups is 2. The minimum Gasteiger partial charge on any atom is -0.482 e. The number of nitrogens with zero attached hydrogens (tertiary/aromatic N) is 2. The van der Waals surface area contributed by atoms with E-state index in [1.54, 1.807) is 36.9 Å². The van der Waals surface area contributed by atoms with E-state index in [2.05, 4.69) is 12.2 Å². The molecule has 0 saturated carbocycles. The number of fused-ring (bicyclic) bond motifs is 1. The molecule has 0 atom stereocenters. The highest BCUT2D eigenvalue weighted by molar-refractivity contribution is 7.89. The average Bonchev–Trinajstić information content (AvgIpc) is 2.79. The first kappa shape index (κ1) is 23.7.